The van der Waals surface area contributed by atoms with Crippen LogP contribution < -0.4 is 5.32 Å². The van der Waals surface area contributed by atoms with Gasteiger partial charge in [0.1, 0.15) is 5.60 Å². The minimum atomic E-state index is -1.01. The molecule has 0 aliphatic carbocycles. The Labute approximate surface area is 99.2 Å². The second kappa shape index (κ2) is 5.98. The molecule has 0 fully saturated rings. The number of hydrogen-bond donors (Lipinski definition) is 2. The van der Waals surface area contributed by atoms with E-state index in [0.717, 1.165) is 4.88 Å². The number of aliphatic hydroxyl groups is 1. The molecule has 0 aliphatic rings. The molecule has 1 heterocycles. The van der Waals surface area contributed by atoms with Gasteiger partial charge in [0, 0.05) is 18.5 Å². The van der Waals surface area contributed by atoms with Gasteiger partial charge in [-0.3, -0.25) is 4.79 Å². The van der Waals surface area contributed by atoms with Crippen molar-refractivity contribution < 1.29 is 14.6 Å². The van der Waals surface area contributed by atoms with Gasteiger partial charge in [-0.15, -0.1) is 11.3 Å². The molecule has 1 aromatic rings. The van der Waals surface area contributed by atoms with Gasteiger partial charge in [0.2, 0.25) is 5.91 Å². The van der Waals surface area contributed by atoms with E-state index in [1.807, 2.05) is 17.5 Å². The predicted octanol–water partition coefficient (Wildman–Crippen LogP) is 0.804. The molecule has 2 N–H and O–H groups in total. The van der Waals surface area contributed by atoms with Crippen molar-refractivity contribution in [2.45, 2.75) is 18.9 Å². The maximum Gasteiger partial charge on any atom is 0.225 e. The number of ether oxygens (including phenoxy) is 1. The number of rotatable bonds is 6. The van der Waals surface area contributed by atoms with Crippen LogP contribution in [0.4, 0.5) is 0 Å². The molecule has 0 aliphatic heterocycles. The van der Waals surface area contributed by atoms with Crippen molar-refractivity contribution in [1.29, 1.82) is 0 Å². The molecule has 1 aromatic heterocycles. The van der Waals surface area contributed by atoms with Crippen LogP contribution >= 0.6 is 11.3 Å². The van der Waals surface area contributed by atoms with Gasteiger partial charge in [0.25, 0.3) is 0 Å². The normalized spacial score (nSPS) is 14.4. The Bertz CT molecular complexity index is 322. The van der Waals surface area contributed by atoms with Crippen molar-refractivity contribution in [3.63, 3.8) is 0 Å². The molecule has 1 rings (SSSR count). The Morgan fingerprint density at radius 2 is 2.44 bits per heavy atom. The Morgan fingerprint density at radius 3 is 3.00 bits per heavy atom. The molecule has 0 aromatic carbocycles. The summed E-state index contributed by atoms with van der Waals surface area (Å²) in [6, 6.07) is 3.83. The first-order valence-corrected chi connectivity index (χ1v) is 5.92. The van der Waals surface area contributed by atoms with E-state index in [1.54, 1.807) is 18.3 Å². The van der Waals surface area contributed by atoms with Gasteiger partial charge >= 0.3 is 0 Å². The molecule has 1 amide bonds. The zero-order valence-electron chi connectivity index (χ0n) is 9.53. The summed E-state index contributed by atoms with van der Waals surface area (Å²) < 4.78 is 4.85. The number of carbonyl (C=O) groups excluding carboxylic acids is 1. The predicted molar refractivity (Wildman–Crippen MR) is 63.5 cm³/mol. The lowest BCUT2D eigenvalue weighted by atomic mass is 10.1. The second-order valence-corrected chi connectivity index (χ2v) is 5.00. The summed E-state index contributed by atoms with van der Waals surface area (Å²) in [6.07, 6.45) is 0.362. The lowest BCUT2D eigenvalue weighted by Crippen LogP contribution is -2.44. The van der Waals surface area contributed by atoms with E-state index in [1.165, 1.54) is 7.11 Å². The second-order valence-electron chi connectivity index (χ2n) is 3.96. The fourth-order valence-electron chi connectivity index (χ4n) is 1.28. The van der Waals surface area contributed by atoms with Gasteiger partial charge in [-0.1, -0.05) is 6.07 Å². The van der Waals surface area contributed by atoms with Crippen molar-refractivity contribution in [2.75, 3.05) is 20.3 Å². The van der Waals surface area contributed by atoms with E-state index in [2.05, 4.69) is 5.32 Å². The molecule has 0 radical (unpaired) electrons. The van der Waals surface area contributed by atoms with Gasteiger partial charge in [0.15, 0.2) is 0 Å². The molecule has 5 heteroatoms. The summed E-state index contributed by atoms with van der Waals surface area (Å²) in [7, 11) is 1.52. The summed E-state index contributed by atoms with van der Waals surface area (Å²) in [5.41, 5.74) is -1.01. The smallest absolute Gasteiger partial charge is 0.225 e. The van der Waals surface area contributed by atoms with E-state index in [4.69, 9.17) is 4.74 Å². The van der Waals surface area contributed by atoms with Crippen LogP contribution in [0, 0.1) is 0 Å². The number of thiophene rings is 1. The molecular formula is C11H17NO3S. The SMILES string of the molecule is COCC(C)(O)CNC(=O)Cc1cccs1. The van der Waals surface area contributed by atoms with Crippen molar-refractivity contribution in [2.24, 2.45) is 0 Å². The van der Waals surface area contributed by atoms with Crippen molar-refractivity contribution in [3.05, 3.63) is 22.4 Å². The third kappa shape index (κ3) is 4.74. The van der Waals surface area contributed by atoms with E-state index in [-0.39, 0.29) is 19.1 Å². The number of amides is 1. The minimum absolute atomic E-state index is 0.0844. The van der Waals surface area contributed by atoms with E-state index in [9.17, 15) is 9.90 Å². The molecule has 0 saturated carbocycles. The molecule has 1 unspecified atom stereocenters. The Hall–Kier alpha value is -0.910. The van der Waals surface area contributed by atoms with Crippen LogP contribution in [0.15, 0.2) is 17.5 Å². The Balaban J connectivity index is 2.30. The summed E-state index contributed by atoms with van der Waals surface area (Å²) in [4.78, 5) is 12.5. The summed E-state index contributed by atoms with van der Waals surface area (Å²) in [5, 5.41) is 14.4. The maximum absolute atomic E-state index is 11.5. The van der Waals surface area contributed by atoms with Crippen LogP contribution in [0.2, 0.25) is 0 Å². The molecule has 90 valence electrons. The van der Waals surface area contributed by atoms with Crippen LogP contribution in [0.3, 0.4) is 0 Å². The fourth-order valence-corrected chi connectivity index (χ4v) is 1.99. The van der Waals surface area contributed by atoms with Gasteiger partial charge in [-0.2, -0.15) is 0 Å². The summed E-state index contributed by atoms with van der Waals surface area (Å²) in [6.45, 7) is 2.03. The maximum atomic E-state index is 11.5. The molecule has 16 heavy (non-hydrogen) atoms. The number of nitrogens with one attached hydrogen (secondary N) is 1. The van der Waals surface area contributed by atoms with Gasteiger partial charge in [-0.05, 0) is 18.4 Å². The zero-order chi connectivity index (χ0) is 12.0. The lowest BCUT2D eigenvalue weighted by Gasteiger charge is -2.22. The number of carbonyl (C=O) groups is 1. The number of hydrogen-bond acceptors (Lipinski definition) is 4. The highest BCUT2D eigenvalue weighted by molar-refractivity contribution is 7.10. The van der Waals surface area contributed by atoms with Crippen molar-refractivity contribution >= 4 is 17.2 Å². The quantitative estimate of drug-likeness (QED) is 0.777. The van der Waals surface area contributed by atoms with E-state index in [0.29, 0.717) is 6.42 Å². The average Bonchev–Trinajstić information content (AvgIpc) is 2.68. The topological polar surface area (TPSA) is 58.6 Å². The van der Waals surface area contributed by atoms with Crippen LogP contribution in [0.1, 0.15) is 11.8 Å². The van der Waals surface area contributed by atoms with Crippen molar-refractivity contribution in [1.82, 2.24) is 5.32 Å². The van der Waals surface area contributed by atoms with Crippen LogP contribution in [-0.4, -0.2) is 36.9 Å². The van der Waals surface area contributed by atoms with Gasteiger partial charge < -0.3 is 15.2 Å². The highest BCUT2D eigenvalue weighted by Gasteiger charge is 2.20. The van der Waals surface area contributed by atoms with Crippen LogP contribution in [0.5, 0.6) is 0 Å². The number of methoxy groups -OCH3 is 1. The zero-order valence-corrected chi connectivity index (χ0v) is 10.3. The van der Waals surface area contributed by atoms with E-state index < -0.39 is 5.60 Å². The highest BCUT2D eigenvalue weighted by atomic mass is 32.1. The van der Waals surface area contributed by atoms with Crippen LogP contribution in [0.25, 0.3) is 0 Å². The average molecular weight is 243 g/mol. The molecule has 4 nitrogen and oxygen atoms in total. The molecule has 1 atom stereocenters. The molecule has 0 saturated heterocycles. The third-order valence-corrected chi connectivity index (χ3v) is 2.91. The standard InChI is InChI=1S/C11H17NO3S/c1-11(14,8-15-2)7-12-10(13)6-9-4-3-5-16-9/h3-5,14H,6-8H2,1-2H3,(H,12,13). The van der Waals surface area contributed by atoms with Crippen molar-refractivity contribution in [3.8, 4) is 0 Å². The first kappa shape index (κ1) is 13.2. The first-order chi connectivity index (χ1) is 7.53. The van der Waals surface area contributed by atoms with Gasteiger partial charge in [0.05, 0.1) is 13.0 Å². The molecular weight excluding hydrogens is 226 g/mol. The lowest BCUT2D eigenvalue weighted by molar-refractivity contribution is -0.122. The Morgan fingerprint density at radius 1 is 1.69 bits per heavy atom. The minimum Gasteiger partial charge on any atom is -0.386 e. The van der Waals surface area contributed by atoms with Gasteiger partial charge in [-0.25, -0.2) is 0 Å². The summed E-state index contributed by atoms with van der Waals surface area (Å²) in [5.74, 6) is -0.0844. The summed E-state index contributed by atoms with van der Waals surface area (Å²) >= 11 is 1.55. The fraction of sp³-hybridized carbons (Fsp3) is 0.545. The Kier molecular flexibility index (Phi) is 4.92. The molecule has 0 spiro atoms. The van der Waals surface area contributed by atoms with E-state index >= 15 is 0 Å². The molecule has 0 bridgehead atoms. The largest absolute Gasteiger partial charge is 0.386 e. The third-order valence-electron chi connectivity index (χ3n) is 2.04. The highest BCUT2D eigenvalue weighted by Crippen LogP contribution is 2.09. The monoisotopic (exact) mass is 243 g/mol. The van der Waals surface area contributed by atoms with Crippen LogP contribution in [-0.2, 0) is 16.0 Å². The first-order valence-electron chi connectivity index (χ1n) is 5.04.